The highest BCUT2D eigenvalue weighted by molar-refractivity contribution is 8.03. The van der Waals surface area contributed by atoms with Gasteiger partial charge >= 0.3 is 6.03 Å². The van der Waals surface area contributed by atoms with Gasteiger partial charge in [-0.3, -0.25) is 9.59 Å². The van der Waals surface area contributed by atoms with Crippen molar-refractivity contribution in [3.63, 3.8) is 0 Å². The molecule has 2 unspecified atom stereocenters. The van der Waals surface area contributed by atoms with Crippen molar-refractivity contribution in [2.45, 2.75) is 32.7 Å². The van der Waals surface area contributed by atoms with Crippen LogP contribution in [0.25, 0.3) is 0 Å². The third-order valence-electron chi connectivity index (χ3n) is 6.07. The molecule has 0 spiro atoms. The number of imide groups is 1. The third-order valence-corrected chi connectivity index (χ3v) is 7.51. The number of thioether (sulfide) groups is 1. The van der Waals surface area contributed by atoms with Crippen molar-refractivity contribution in [2.75, 3.05) is 18.6 Å². The van der Waals surface area contributed by atoms with E-state index in [2.05, 4.69) is 5.32 Å². The number of carbonyl (C=O) groups is 3. The van der Waals surface area contributed by atoms with Crippen LogP contribution in [0, 0.1) is 12.8 Å². The van der Waals surface area contributed by atoms with Crippen LogP contribution < -0.4 is 15.0 Å². The van der Waals surface area contributed by atoms with Crippen molar-refractivity contribution in [2.24, 2.45) is 5.92 Å². The summed E-state index contributed by atoms with van der Waals surface area (Å²) in [5.74, 6) is -0.507. The molecule has 2 aliphatic rings. The summed E-state index contributed by atoms with van der Waals surface area (Å²) in [6, 6.07) is 14.2. The second-order valence-corrected chi connectivity index (χ2v) is 9.60. The van der Waals surface area contributed by atoms with E-state index in [1.807, 2.05) is 45.0 Å². The Balaban J connectivity index is 1.57. The number of anilines is 1. The maximum Gasteiger partial charge on any atom is 0.332 e. The second-order valence-electron chi connectivity index (χ2n) is 8.27. The van der Waals surface area contributed by atoms with E-state index in [1.165, 1.54) is 28.7 Å². The number of allylic oxidation sites excluding steroid dienone is 1. The Labute approximate surface area is 197 Å². The summed E-state index contributed by atoms with van der Waals surface area (Å²) in [6.07, 6.45) is 0. The molecule has 33 heavy (non-hydrogen) atoms. The average Bonchev–Trinajstić information content (AvgIpc) is 3.11. The number of urea groups is 1. The summed E-state index contributed by atoms with van der Waals surface area (Å²) < 4.78 is 5.27. The zero-order valence-electron chi connectivity index (χ0n) is 19.1. The van der Waals surface area contributed by atoms with Crippen LogP contribution in [-0.4, -0.2) is 41.8 Å². The van der Waals surface area contributed by atoms with Crippen LogP contribution in [0.5, 0.6) is 5.75 Å². The van der Waals surface area contributed by atoms with Crippen LogP contribution in [0.1, 0.15) is 25.0 Å². The van der Waals surface area contributed by atoms with Crippen molar-refractivity contribution in [3.05, 3.63) is 70.1 Å². The number of carbonyl (C=O) groups excluding carboxylic acids is 3. The minimum Gasteiger partial charge on any atom is -0.497 e. The van der Waals surface area contributed by atoms with E-state index in [4.69, 9.17) is 4.74 Å². The first-order chi connectivity index (χ1) is 15.8. The van der Waals surface area contributed by atoms with E-state index >= 15 is 0 Å². The summed E-state index contributed by atoms with van der Waals surface area (Å²) in [7, 11) is 1.53. The number of nitrogens with one attached hydrogen (secondary N) is 1. The molecule has 4 rings (SSSR count). The van der Waals surface area contributed by atoms with Gasteiger partial charge in [-0.2, -0.15) is 0 Å². The van der Waals surface area contributed by atoms with Crippen molar-refractivity contribution < 1.29 is 19.1 Å². The van der Waals surface area contributed by atoms with Gasteiger partial charge in [-0.05, 0) is 48.9 Å². The number of rotatable bonds is 6. The number of aryl methyl sites for hydroxylation is 1. The first-order valence-corrected chi connectivity index (χ1v) is 11.6. The summed E-state index contributed by atoms with van der Waals surface area (Å²) in [5.41, 5.74) is 3.48. The molecule has 2 heterocycles. The zero-order chi connectivity index (χ0) is 23.7. The highest BCUT2D eigenvalue weighted by atomic mass is 32.2. The first kappa shape index (κ1) is 22.9. The van der Waals surface area contributed by atoms with E-state index in [9.17, 15) is 14.4 Å². The maximum atomic E-state index is 13.5. The summed E-state index contributed by atoms with van der Waals surface area (Å²) in [6.45, 7) is 6.11. The molecule has 2 aromatic rings. The molecule has 0 bridgehead atoms. The SMILES string of the molecule is COc1cccc(N2C(=O)C3C(C)=C(C)SC3N(CC(=O)NCc3ccc(C)cc3)C2=O)c1. The minimum absolute atomic E-state index is 0.132. The summed E-state index contributed by atoms with van der Waals surface area (Å²) in [4.78, 5) is 43.4. The van der Waals surface area contributed by atoms with Crippen LogP contribution in [0.4, 0.5) is 10.5 Å². The number of fused-ring (bicyclic) bond motifs is 1. The Morgan fingerprint density at radius 3 is 2.52 bits per heavy atom. The fraction of sp³-hybridized carbons (Fsp3) is 0.320. The molecule has 8 heteroatoms. The van der Waals surface area contributed by atoms with Crippen molar-refractivity contribution in [1.82, 2.24) is 10.2 Å². The number of methoxy groups -OCH3 is 1. The normalized spacial score (nSPS) is 20.2. The molecule has 0 saturated carbocycles. The fourth-order valence-electron chi connectivity index (χ4n) is 4.06. The van der Waals surface area contributed by atoms with Crippen LogP contribution >= 0.6 is 11.8 Å². The quantitative estimate of drug-likeness (QED) is 0.696. The number of amides is 4. The average molecular weight is 466 g/mol. The second kappa shape index (κ2) is 9.31. The molecule has 0 radical (unpaired) electrons. The van der Waals surface area contributed by atoms with Gasteiger partial charge < -0.3 is 15.0 Å². The summed E-state index contributed by atoms with van der Waals surface area (Å²) in [5, 5.41) is 2.46. The van der Waals surface area contributed by atoms with Crippen molar-refractivity contribution in [1.29, 1.82) is 0 Å². The molecule has 2 aliphatic heterocycles. The molecule has 0 aromatic heterocycles. The van der Waals surface area contributed by atoms with E-state index in [1.54, 1.807) is 24.3 Å². The van der Waals surface area contributed by atoms with Crippen molar-refractivity contribution in [3.8, 4) is 5.75 Å². The topological polar surface area (TPSA) is 79.0 Å². The van der Waals surface area contributed by atoms with Gasteiger partial charge in [0, 0.05) is 12.6 Å². The van der Waals surface area contributed by atoms with Gasteiger partial charge in [0.1, 0.15) is 12.3 Å². The molecule has 0 aliphatic carbocycles. The minimum atomic E-state index is -0.505. The number of hydrogen-bond donors (Lipinski definition) is 1. The molecule has 4 amide bonds. The zero-order valence-corrected chi connectivity index (χ0v) is 19.9. The van der Waals surface area contributed by atoms with Crippen molar-refractivity contribution >= 4 is 35.3 Å². The van der Waals surface area contributed by atoms with Crippen LogP contribution in [-0.2, 0) is 16.1 Å². The Morgan fingerprint density at radius 2 is 1.82 bits per heavy atom. The molecule has 172 valence electrons. The van der Waals surface area contributed by atoms with Crippen LogP contribution in [0.3, 0.4) is 0 Å². The van der Waals surface area contributed by atoms with E-state index in [0.29, 0.717) is 18.0 Å². The molecule has 1 fully saturated rings. The van der Waals surface area contributed by atoms with Gasteiger partial charge in [-0.15, -0.1) is 11.8 Å². The van der Waals surface area contributed by atoms with Gasteiger partial charge in [-0.1, -0.05) is 35.9 Å². The Morgan fingerprint density at radius 1 is 1.09 bits per heavy atom. The standard InChI is InChI=1S/C25H27N3O4S/c1-15-8-10-18(11-9-15)13-26-21(29)14-27-24-22(16(2)17(3)33-24)23(30)28(25(27)31)19-6-5-7-20(12-19)32-4/h5-12,22,24H,13-14H2,1-4H3,(H,26,29). The lowest BCUT2D eigenvalue weighted by Crippen LogP contribution is -2.61. The van der Waals surface area contributed by atoms with Crippen LogP contribution in [0.15, 0.2) is 59.0 Å². The van der Waals surface area contributed by atoms with Gasteiger partial charge in [0.05, 0.1) is 24.1 Å². The lowest BCUT2D eigenvalue weighted by molar-refractivity contribution is -0.126. The van der Waals surface area contributed by atoms with Crippen LogP contribution in [0.2, 0.25) is 0 Å². The lowest BCUT2D eigenvalue weighted by atomic mass is 9.95. The van der Waals surface area contributed by atoms with Gasteiger partial charge in [0.25, 0.3) is 0 Å². The molecule has 1 N–H and O–H groups in total. The smallest absolute Gasteiger partial charge is 0.332 e. The molecule has 2 aromatic carbocycles. The molecule has 7 nitrogen and oxygen atoms in total. The van der Waals surface area contributed by atoms with E-state index in [-0.39, 0.29) is 18.4 Å². The largest absolute Gasteiger partial charge is 0.497 e. The number of benzene rings is 2. The van der Waals surface area contributed by atoms with Gasteiger partial charge in [-0.25, -0.2) is 9.69 Å². The molecule has 2 atom stereocenters. The predicted octanol–water partition coefficient (Wildman–Crippen LogP) is 4.07. The third kappa shape index (κ3) is 4.48. The van der Waals surface area contributed by atoms with E-state index in [0.717, 1.165) is 21.6 Å². The number of ether oxygens (including phenoxy) is 1. The Kier molecular flexibility index (Phi) is 6.47. The Bertz CT molecular complexity index is 1130. The first-order valence-electron chi connectivity index (χ1n) is 10.7. The predicted molar refractivity (Wildman–Crippen MR) is 129 cm³/mol. The Hall–Kier alpha value is -3.26. The lowest BCUT2D eigenvalue weighted by Gasteiger charge is -2.41. The monoisotopic (exact) mass is 465 g/mol. The number of nitrogens with zero attached hydrogens (tertiary/aromatic N) is 2. The fourth-order valence-corrected chi connectivity index (χ4v) is 5.48. The van der Waals surface area contributed by atoms with E-state index < -0.39 is 17.3 Å². The number of hydrogen-bond acceptors (Lipinski definition) is 5. The maximum absolute atomic E-state index is 13.5. The van der Waals surface area contributed by atoms with Gasteiger partial charge in [0.15, 0.2) is 0 Å². The highest BCUT2D eigenvalue weighted by Gasteiger charge is 2.51. The highest BCUT2D eigenvalue weighted by Crippen LogP contribution is 2.47. The summed E-state index contributed by atoms with van der Waals surface area (Å²) >= 11 is 1.47. The molecule has 1 saturated heterocycles. The molecular weight excluding hydrogens is 438 g/mol. The molecular formula is C25H27N3O4S. The van der Waals surface area contributed by atoms with Gasteiger partial charge in [0.2, 0.25) is 11.8 Å².